The number of esters is 1. The molecule has 11 heavy (non-hydrogen) atoms. The normalized spacial score (nSPS) is 9.64. The first-order chi connectivity index (χ1) is 5.24. The fraction of sp³-hybridized carbons (Fsp3) is 0.500. The summed E-state index contributed by atoms with van der Waals surface area (Å²) in [6.07, 6.45) is 0. The van der Waals surface area contributed by atoms with Crippen LogP contribution >= 0.6 is 0 Å². The maximum Gasteiger partial charge on any atom is 0.396 e. The van der Waals surface area contributed by atoms with Gasteiger partial charge in [0.05, 0.1) is 6.61 Å². The number of aromatic nitrogens is 2. The smallest absolute Gasteiger partial charge is 0.396 e. The highest BCUT2D eigenvalue weighted by molar-refractivity contribution is 5.83. The number of ether oxygens (including phenoxy) is 1. The van der Waals surface area contributed by atoms with Gasteiger partial charge < -0.3 is 9.15 Å². The Morgan fingerprint density at radius 2 is 2.36 bits per heavy atom. The second kappa shape index (κ2) is 3.14. The molecule has 0 saturated carbocycles. The third kappa shape index (κ3) is 1.76. The summed E-state index contributed by atoms with van der Waals surface area (Å²) in [6, 6.07) is 0. The van der Waals surface area contributed by atoms with Crippen molar-refractivity contribution in [3.8, 4) is 0 Å². The SMILES string of the molecule is CCOC(=O)c1nnc(C)o1. The van der Waals surface area contributed by atoms with Crippen LogP contribution in [-0.2, 0) is 4.74 Å². The van der Waals surface area contributed by atoms with Gasteiger partial charge in [-0.05, 0) is 6.92 Å². The van der Waals surface area contributed by atoms with Crippen LogP contribution in [0.1, 0.15) is 23.5 Å². The standard InChI is InChI=1S/C6H8N2O3/c1-3-10-6(9)5-8-7-4(2)11-5/h3H2,1-2H3. The van der Waals surface area contributed by atoms with E-state index in [-0.39, 0.29) is 5.89 Å². The number of hydrogen-bond acceptors (Lipinski definition) is 5. The van der Waals surface area contributed by atoms with Crippen molar-refractivity contribution in [1.82, 2.24) is 10.2 Å². The van der Waals surface area contributed by atoms with Gasteiger partial charge in [0.1, 0.15) is 0 Å². The monoisotopic (exact) mass is 156 g/mol. The third-order valence-electron chi connectivity index (χ3n) is 0.976. The summed E-state index contributed by atoms with van der Waals surface area (Å²) in [5.74, 6) is -0.314. The van der Waals surface area contributed by atoms with Crippen LogP contribution in [0.4, 0.5) is 0 Å². The van der Waals surface area contributed by atoms with E-state index in [9.17, 15) is 4.79 Å². The zero-order valence-electron chi connectivity index (χ0n) is 6.33. The molecule has 1 aromatic rings. The maximum absolute atomic E-state index is 10.8. The Kier molecular flexibility index (Phi) is 2.20. The molecule has 0 radical (unpaired) electrons. The van der Waals surface area contributed by atoms with Crippen LogP contribution in [0.2, 0.25) is 0 Å². The lowest BCUT2D eigenvalue weighted by Crippen LogP contribution is -2.04. The van der Waals surface area contributed by atoms with Gasteiger partial charge in [0.25, 0.3) is 0 Å². The van der Waals surface area contributed by atoms with Crippen molar-refractivity contribution in [2.75, 3.05) is 6.61 Å². The van der Waals surface area contributed by atoms with Crippen molar-refractivity contribution in [1.29, 1.82) is 0 Å². The zero-order chi connectivity index (χ0) is 8.27. The molecule has 0 N–H and O–H groups in total. The van der Waals surface area contributed by atoms with Crippen molar-refractivity contribution in [3.05, 3.63) is 11.8 Å². The molecular formula is C6H8N2O3. The molecule has 0 aliphatic rings. The minimum Gasteiger partial charge on any atom is -0.459 e. The average Bonchev–Trinajstić information content (AvgIpc) is 2.36. The Hall–Kier alpha value is -1.39. The zero-order valence-corrected chi connectivity index (χ0v) is 6.33. The number of aryl methyl sites for hydroxylation is 1. The molecule has 0 atom stereocenters. The molecule has 5 nitrogen and oxygen atoms in total. The van der Waals surface area contributed by atoms with Gasteiger partial charge >= 0.3 is 11.9 Å². The summed E-state index contributed by atoms with van der Waals surface area (Å²) in [7, 11) is 0. The van der Waals surface area contributed by atoms with E-state index in [0.29, 0.717) is 12.5 Å². The Bertz CT molecular complexity index is 256. The van der Waals surface area contributed by atoms with E-state index in [1.54, 1.807) is 13.8 Å². The maximum atomic E-state index is 10.8. The van der Waals surface area contributed by atoms with E-state index in [4.69, 9.17) is 4.42 Å². The van der Waals surface area contributed by atoms with Gasteiger partial charge in [0, 0.05) is 6.92 Å². The lowest BCUT2D eigenvalue weighted by atomic mass is 10.7. The lowest BCUT2D eigenvalue weighted by molar-refractivity contribution is 0.0479. The van der Waals surface area contributed by atoms with Gasteiger partial charge in [-0.3, -0.25) is 0 Å². The quantitative estimate of drug-likeness (QED) is 0.585. The fourth-order valence-corrected chi connectivity index (χ4v) is 0.572. The molecule has 1 rings (SSSR count). The van der Waals surface area contributed by atoms with Gasteiger partial charge in [-0.1, -0.05) is 0 Å². The lowest BCUT2D eigenvalue weighted by Gasteiger charge is -1.93. The molecule has 0 unspecified atom stereocenters. The van der Waals surface area contributed by atoms with Crippen LogP contribution in [-0.4, -0.2) is 22.8 Å². The van der Waals surface area contributed by atoms with Gasteiger partial charge in [-0.15, -0.1) is 10.2 Å². The summed E-state index contributed by atoms with van der Waals surface area (Å²) < 4.78 is 9.41. The summed E-state index contributed by atoms with van der Waals surface area (Å²) >= 11 is 0. The summed E-state index contributed by atoms with van der Waals surface area (Å²) in [6.45, 7) is 3.62. The predicted octanol–water partition coefficient (Wildman–Crippen LogP) is 0.555. The Balaban J connectivity index is 2.69. The van der Waals surface area contributed by atoms with Crippen LogP contribution in [0.3, 0.4) is 0 Å². The first-order valence-electron chi connectivity index (χ1n) is 3.21. The first-order valence-corrected chi connectivity index (χ1v) is 3.21. The Morgan fingerprint density at radius 3 is 2.82 bits per heavy atom. The molecule has 0 aliphatic heterocycles. The molecular weight excluding hydrogens is 148 g/mol. The van der Waals surface area contributed by atoms with Crippen LogP contribution in [0.15, 0.2) is 4.42 Å². The molecule has 0 spiro atoms. The Labute approximate surface area is 63.4 Å². The molecule has 0 amide bonds. The van der Waals surface area contributed by atoms with Crippen LogP contribution in [0.5, 0.6) is 0 Å². The van der Waals surface area contributed by atoms with E-state index in [0.717, 1.165) is 0 Å². The van der Waals surface area contributed by atoms with Crippen molar-refractivity contribution in [2.45, 2.75) is 13.8 Å². The molecule has 0 saturated heterocycles. The minimum absolute atomic E-state index is 0.0932. The first kappa shape index (κ1) is 7.71. The number of rotatable bonds is 2. The van der Waals surface area contributed by atoms with Gasteiger partial charge in [-0.2, -0.15) is 0 Å². The topological polar surface area (TPSA) is 65.2 Å². The highest BCUT2D eigenvalue weighted by atomic mass is 16.5. The highest BCUT2D eigenvalue weighted by Gasteiger charge is 2.13. The minimum atomic E-state index is -0.576. The van der Waals surface area contributed by atoms with E-state index >= 15 is 0 Å². The van der Waals surface area contributed by atoms with Gasteiger partial charge in [-0.25, -0.2) is 4.79 Å². The number of carbonyl (C=O) groups excluding carboxylic acids is 1. The van der Waals surface area contributed by atoms with Crippen molar-refractivity contribution >= 4 is 5.97 Å². The highest BCUT2D eigenvalue weighted by Crippen LogP contribution is 1.99. The predicted molar refractivity (Wildman–Crippen MR) is 35.0 cm³/mol. The molecule has 5 heteroatoms. The van der Waals surface area contributed by atoms with Crippen LogP contribution < -0.4 is 0 Å². The van der Waals surface area contributed by atoms with Gasteiger partial charge in [0.2, 0.25) is 5.89 Å². The number of nitrogens with zero attached hydrogens (tertiary/aromatic N) is 2. The summed E-state index contributed by atoms with van der Waals surface area (Å²) in [4.78, 5) is 10.8. The molecule has 0 aliphatic carbocycles. The van der Waals surface area contributed by atoms with E-state index in [2.05, 4.69) is 14.9 Å². The number of carbonyl (C=O) groups is 1. The molecule has 1 heterocycles. The van der Waals surface area contributed by atoms with Crippen LogP contribution in [0, 0.1) is 6.92 Å². The van der Waals surface area contributed by atoms with Crippen molar-refractivity contribution < 1.29 is 13.9 Å². The van der Waals surface area contributed by atoms with E-state index in [1.807, 2.05) is 0 Å². The number of hydrogen-bond donors (Lipinski definition) is 0. The summed E-state index contributed by atoms with van der Waals surface area (Å²) in [5.41, 5.74) is 0. The second-order valence-corrected chi connectivity index (χ2v) is 1.85. The molecule has 0 fully saturated rings. The summed E-state index contributed by atoms with van der Waals surface area (Å²) in [5, 5.41) is 6.95. The Morgan fingerprint density at radius 1 is 1.64 bits per heavy atom. The van der Waals surface area contributed by atoms with E-state index < -0.39 is 5.97 Å². The molecule has 0 bridgehead atoms. The molecule has 1 aromatic heterocycles. The van der Waals surface area contributed by atoms with E-state index in [1.165, 1.54) is 0 Å². The fourth-order valence-electron chi connectivity index (χ4n) is 0.572. The van der Waals surface area contributed by atoms with Crippen molar-refractivity contribution in [3.63, 3.8) is 0 Å². The second-order valence-electron chi connectivity index (χ2n) is 1.85. The van der Waals surface area contributed by atoms with Gasteiger partial charge in [0.15, 0.2) is 0 Å². The molecule has 60 valence electrons. The average molecular weight is 156 g/mol. The third-order valence-corrected chi connectivity index (χ3v) is 0.976. The van der Waals surface area contributed by atoms with Crippen molar-refractivity contribution in [2.24, 2.45) is 0 Å². The van der Waals surface area contributed by atoms with Crippen LogP contribution in [0.25, 0.3) is 0 Å². The largest absolute Gasteiger partial charge is 0.459 e. The molecule has 0 aromatic carbocycles.